The quantitative estimate of drug-likeness (QED) is 0.164. The Morgan fingerprint density at radius 3 is 1.36 bits per heavy atom. The fraction of sp³-hybridized carbons (Fsp3) is 0. The maximum Gasteiger partial charge on any atom is 0.164 e. The Bertz CT molecular complexity index is 3820. The predicted octanol–water partition coefficient (Wildman–Crippen LogP) is 14.8. The minimum Gasteiger partial charge on any atom is -0.309 e. The second kappa shape index (κ2) is 13.2. The van der Waals surface area contributed by atoms with Gasteiger partial charge in [0.25, 0.3) is 0 Å². The van der Waals surface area contributed by atoms with Crippen molar-refractivity contribution in [3.8, 4) is 51.0 Å². The van der Waals surface area contributed by atoms with Crippen LogP contribution in [0.4, 0.5) is 0 Å². The van der Waals surface area contributed by atoms with Crippen LogP contribution < -0.4 is 0 Å². The average Bonchev–Trinajstić information content (AvgIpc) is 3.69. The normalized spacial score (nSPS) is 11.9. The number of benzene rings is 11. The van der Waals surface area contributed by atoms with Crippen LogP contribution in [0.15, 0.2) is 206 Å². The molecule has 2 aromatic heterocycles. The van der Waals surface area contributed by atoms with Gasteiger partial charge in [-0.15, -0.1) is 0 Å². The van der Waals surface area contributed by atoms with Crippen molar-refractivity contribution >= 4 is 75.7 Å². The Labute approximate surface area is 351 Å². The topological polar surface area (TPSA) is 43.6 Å². The Balaban J connectivity index is 1.09. The van der Waals surface area contributed by atoms with Gasteiger partial charge in [0.2, 0.25) is 0 Å². The summed E-state index contributed by atoms with van der Waals surface area (Å²) < 4.78 is 2.46. The molecular weight excluding hydrogens is 741 g/mol. The summed E-state index contributed by atoms with van der Waals surface area (Å²) in [6, 6.07) is 73.8. The first-order valence-electron chi connectivity index (χ1n) is 20.8. The SMILES string of the molecule is c1ccc(-c2ccc(-c3nc(-c4ccccc4)nc(-c4ccc5c6c4c4ccccc4c4cccc(c46)n5-c4ccc5c6ccccc6c6ccccc6c5c4)n3)cc2)cc1. The highest BCUT2D eigenvalue weighted by Gasteiger charge is 2.24. The fourth-order valence-electron chi connectivity index (χ4n) is 9.87. The minimum absolute atomic E-state index is 0.638. The first-order chi connectivity index (χ1) is 30.3. The van der Waals surface area contributed by atoms with Gasteiger partial charge in [0.05, 0.1) is 11.0 Å². The molecule has 0 aliphatic carbocycles. The van der Waals surface area contributed by atoms with Crippen LogP contribution >= 0.6 is 0 Å². The van der Waals surface area contributed by atoms with Crippen LogP contribution in [0.25, 0.3) is 127 Å². The van der Waals surface area contributed by atoms with E-state index in [4.69, 9.17) is 15.0 Å². The monoisotopic (exact) mass is 774 g/mol. The van der Waals surface area contributed by atoms with Crippen molar-refractivity contribution in [2.75, 3.05) is 0 Å². The Morgan fingerprint density at radius 1 is 0.262 bits per heavy atom. The molecule has 2 heterocycles. The van der Waals surface area contributed by atoms with Crippen LogP contribution in [-0.4, -0.2) is 19.5 Å². The average molecular weight is 775 g/mol. The molecule has 0 bridgehead atoms. The largest absolute Gasteiger partial charge is 0.309 e. The van der Waals surface area contributed by atoms with Gasteiger partial charge in [0.15, 0.2) is 17.5 Å². The van der Waals surface area contributed by atoms with Crippen LogP contribution in [0.5, 0.6) is 0 Å². The van der Waals surface area contributed by atoms with E-state index in [1.54, 1.807) is 0 Å². The van der Waals surface area contributed by atoms with Crippen LogP contribution in [0, 0.1) is 0 Å². The molecule has 4 nitrogen and oxygen atoms in total. The van der Waals surface area contributed by atoms with Gasteiger partial charge in [-0.05, 0) is 89.9 Å². The van der Waals surface area contributed by atoms with Gasteiger partial charge in [-0.3, -0.25) is 0 Å². The van der Waals surface area contributed by atoms with Crippen molar-refractivity contribution in [3.63, 3.8) is 0 Å². The Hall–Kier alpha value is -8.21. The number of fused-ring (bicyclic) bond motifs is 9. The number of hydrogen-bond acceptors (Lipinski definition) is 3. The standard InChI is InChI=1S/C57H34N4/c1-3-14-35(15-4-1)36-26-28-38(29-27-36)56-58-55(37-16-5-2-6-17-37)59-57(60-56)48-32-33-51-54-52(48)46-23-12-11-22-44(46)47-24-13-25-50(53(47)54)61(51)39-30-31-45-42-20-8-7-18-40(42)41-19-9-10-21-43(41)49(45)34-39/h1-34H. The van der Waals surface area contributed by atoms with Gasteiger partial charge in [-0.2, -0.15) is 0 Å². The molecule has 0 aliphatic heterocycles. The zero-order chi connectivity index (χ0) is 40.0. The highest BCUT2D eigenvalue weighted by atomic mass is 15.0. The molecule has 0 atom stereocenters. The Morgan fingerprint density at radius 2 is 0.705 bits per heavy atom. The summed E-state index contributed by atoms with van der Waals surface area (Å²) in [7, 11) is 0. The van der Waals surface area contributed by atoms with Crippen LogP contribution in [0.2, 0.25) is 0 Å². The van der Waals surface area contributed by atoms with Gasteiger partial charge in [0, 0.05) is 38.5 Å². The minimum atomic E-state index is 0.638. The second-order valence-electron chi connectivity index (χ2n) is 15.9. The maximum atomic E-state index is 5.31. The van der Waals surface area contributed by atoms with E-state index in [1.807, 2.05) is 24.3 Å². The smallest absolute Gasteiger partial charge is 0.164 e. The molecule has 13 aromatic rings. The first kappa shape index (κ1) is 33.7. The van der Waals surface area contributed by atoms with E-state index >= 15 is 0 Å². The molecule has 0 aliphatic rings. The van der Waals surface area contributed by atoms with Crippen molar-refractivity contribution in [1.29, 1.82) is 0 Å². The van der Waals surface area contributed by atoms with Gasteiger partial charge in [0.1, 0.15) is 0 Å². The second-order valence-corrected chi connectivity index (χ2v) is 15.9. The molecule has 11 aromatic carbocycles. The molecular formula is C57H34N4. The van der Waals surface area contributed by atoms with Crippen molar-refractivity contribution in [3.05, 3.63) is 206 Å². The molecule has 0 saturated carbocycles. The first-order valence-corrected chi connectivity index (χ1v) is 20.8. The van der Waals surface area contributed by atoms with Crippen LogP contribution in [0.3, 0.4) is 0 Å². The molecule has 0 N–H and O–H groups in total. The molecule has 13 rings (SSSR count). The summed E-state index contributed by atoms with van der Waals surface area (Å²) in [5.74, 6) is 1.93. The van der Waals surface area contributed by atoms with Crippen LogP contribution in [-0.2, 0) is 0 Å². The van der Waals surface area contributed by atoms with E-state index in [1.165, 1.54) is 70.3 Å². The van der Waals surface area contributed by atoms with Crippen molar-refractivity contribution in [1.82, 2.24) is 19.5 Å². The molecule has 0 unspecified atom stereocenters. The van der Waals surface area contributed by atoms with E-state index in [2.05, 4.69) is 187 Å². The third-order valence-electron chi connectivity index (χ3n) is 12.6. The zero-order valence-electron chi connectivity index (χ0n) is 32.9. The maximum absolute atomic E-state index is 5.31. The lowest BCUT2D eigenvalue weighted by molar-refractivity contribution is 1.08. The molecule has 0 radical (unpaired) electrons. The van der Waals surface area contributed by atoms with E-state index in [-0.39, 0.29) is 0 Å². The molecule has 282 valence electrons. The molecule has 0 spiro atoms. The molecule has 61 heavy (non-hydrogen) atoms. The molecule has 0 saturated heterocycles. The molecule has 4 heteroatoms. The number of nitrogens with zero attached hydrogens (tertiary/aromatic N) is 4. The van der Waals surface area contributed by atoms with Gasteiger partial charge < -0.3 is 4.57 Å². The molecule has 0 amide bonds. The third-order valence-corrected chi connectivity index (χ3v) is 12.6. The van der Waals surface area contributed by atoms with Gasteiger partial charge in [-0.1, -0.05) is 176 Å². The lowest BCUT2D eigenvalue weighted by atomic mass is 9.91. The van der Waals surface area contributed by atoms with Crippen molar-refractivity contribution in [2.45, 2.75) is 0 Å². The lowest BCUT2D eigenvalue weighted by Gasteiger charge is -2.14. The van der Waals surface area contributed by atoms with Crippen LogP contribution in [0.1, 0.15) is 0 Å². The summed E-state index contributed by atoms with van der Waals surface area (Å²) in [6.45, 7) is 0. The summed E-state index contributed by atoms with van der Waals surface area (Å²) in [5, 5.41) is 14.8. The number of aromatic nitrogens is 4. The summed E-state index contributed by atoms with van der Waals surface area (Å²) >= 11 is 0. The highest BCUT2D eigenvalue weighted by molar-refractivity contribution is 6.36. The number of rotatable bonds is 5. The van der Waals surface area contributed by atoms with E-state index in [0.29, 0.717) is 17.5 Å². The van der Waals surface area contributed by atoms with Crippen molar-refractivity contribution < 1.29 is 0 Å². The highest BCUT2D eigenvalue weighted by Crippen LogP contribution is 2.47. The van der Waals surface area contributed by atoms with E-state index in [9.17, 15) is 0 Å². The van der Waals surface area contributed by atoms with Gasteiger partial charge in [-0.25, -0.2) is 15.0 Å². The molecule has 0 fully saturated rings. The summed E-state index contributed by atoms with van der Waals surface area (Å²) in [4.78, 5) is 15.7. The van der Waals surface area contributed by atoms with Crippen molar-refractivity contribution in [2.24, 2.45) is 0 Å². The van der Waals surface area contributed by atoms with Gasteiger partial charge >= 0.3 is 0 Å². The predicted molar refractivity (Wildman–Crippen MR) is 255 cm³/mol. The fourth-order valence-corrected chi connectivity index (χ4v) is 9.87. The Kier molecular flexibility index (Phi) is 7.27. The zero-order valence-corrected chi connectivity index (χ0v) is 32.9. The number of hydrogen-bond donors (Lipinski definition) is 0. The van der Waals surface area contributed by atoms with E-state index in [0.717, 1.165) is 38.8 Å². The van der Waals surface area contributed by atoms with E-state index < -0.39 is 0 Å². The lowest BCUT2D eigenvalue weighted by Crippen LogP contribution is -2.01. The third kappa shape index (κ3) is 5.09. The summed E-state index contributed by atoms with van der Waals surface area (Å²) in [6.07, 6.45) is 0. The summed E-state index contributed by atoms with van der Waals surface area (Å²) in [5.41, 5.74) is 8.62.